The molecule has 48 heavy (non-hydrogen) atoms. The van der Waals surface area contributed by atoms with Crippen LogP contribution in [0, 0.1) is 0 Å². The lowest BCUT2D eigenvalue weighted by atomic mass is 9.97. The molecule has 0 aliphatic heterocycles. The number of furan rings is 2. The fourth-order valence-electron chi connectivity index (χ4n) is 6.72. The van der Waals surface area contributed by atoms with E-state index in [0.29, 0.717) is 23.2 Å². The Kier molecular flexibility index (Phi) is 5.77. The van der Waals surface area contributed by atoms with Crippen molar-refractivity contribution in [2.24, 2.45) is 0 Å². The zero-order chi connectivity index (χ0) is 31.6. The molecular formula is C42H24N4O2. The molecule has 6 nitrogen and oxygen atoms in total. The minimum absolute atomic E-state index is 0.585. The number of nitrogens with zero attached hydrogens (tertiary/aromatic N) is 4. The largest absolute Gasteiger partial charge is 0.456 e. The van der Waals surface area contributed by atoms with E-state index in [9.17, 15) is 0 Å². The number of hydrogen-bond donors (Lipinski definition) is 0. The monoisotopic (exact) mass is 616 g/mol. The highest BCUT2D eigenvalue weighted by atomic mass is 16.3. The van der Waals surface area contributed by atoms with Gasteiger partial charge in [-0.25, -0.2) is 19.9 Å². The zero-order valence-corrected chi connectivity index (χ0v) is 25.5. The molecule has 0 amide bonds. The predicted octanol–water partition coefficient (Wildman–Crippen LogP) is 10.9. The van der Waals surface area contributed by atoms with E-state index in [4.69, 9.17) is 28.8 Å². The Morgan fingerprint density at radius 1 is 0.375 bits per heavy atom. The molecule has 0 unspecified atom stereocenters. The minimum atomic E-state index is 0.585. The Hall–Kier alpha value is -6.66. The molecule has 0 saturated carbocycles. The summed E-state index contributed by atoms with van der Waals surface area (Å²) in [5.41, 5.74) is 8.72. The van der Waals surface area contributed by atoms with Crippen molar-refractivity contribution < 1.29 is 8.83 Å². The molecule has 6 aromatic carbocycles. The third-order valence-corrected chi connectivity index (χ3v) is 8.93. The van der Waals surface area contributed by atoms with Gasteiger partial charge in [0.15, 0.2) is 17.5 Å². The highest BCUT2D eigenvalue weighted by Crippen LogP contribution is 2.39. The SMILES string of the molecule is c1ccc(-c2nc(-c3cccc(-c4cccc5oc6nc7ccccc7cc6c45)c3)nc(-c3cccc4oc5ccccc5c34)n2)cc1. The topological polar surface area (TPSA) is 77.8 Å². The van der Waals surface area contributed by atoms with E-state index in [2.05, 4.69) is 48.5 Å². The summed E-state index contributed by atoms with van der Waals surface area (Å²) < 4.78 is 12.5. The number of aromatic nitrogens is 4. The first-order valence-corrected chi connectivity index (χ1v) is 15.8. The van der Waals surface area contributed by atoms with Crippen molar-refractivity contribution in [3.05, 3.63) is 146 Å². The fourth-order valence-corrected chi connectivity index (χ4v) is 6.72. The van der Waals surface area contributed by atoms with E-state index in [0.717, 1.165) is 77.0 Å². The van der Waals surface area contributed by atoms with Gasteiger partial charge in [0.05, 0.1) is 5.52 Å². The lowest BCUT2D eigenvalue weighted by Gasteiger charge is -2.10. The molecule has 0 aliphatic rings. The quantitative estimate of drug-likeness (QED) is 0.196. The van der Waals surface area contributed by atoms with Gasteiger partial charge in [0.25, 0.3) is 0 Å². The molecule has 0 spiro atoms. The molecule has 0 saturated heterocycles. The van der Waals surface area contributed by atoms with E-state index in [-0.39, 0.29) is 0 Å². The van der Waals surface area contributed by atoms with Crippen LogP contribution in [0.5, 0.6) is 0 Å². The summed E-state index contributed by atoms with van der Waals surface area (Å²) >= 11 is 0. The predicted molar refractivity (Wildman–Crippen MR) is 191 cm³/mol. The van der Waals surface area contributed by atoms with Gasteiger partial charge in [-0.05, 0) is 47.5 Å². The van der Waals surface area contributed by atoms with E-state index >= 15 is 0 Å². The molecule has 0 N–H and O–H groups in total. The van der Waals surface area contributed by atoms with Crippen LogP contribution in [0.3, 0.4) is 0 Å². The first-order valence-electron chi connectivity index (χ1n) is 15.8. The molecule has 0 atom stereocenters. The van der Waals surface area contributed by atoms with E-state index in [1.54, 1.807) is 0 Å². The van der Waals surface area contributed by atoms with Gasteiger partial charge >= 0.3 is 0 Å². The molecular weight excluding hydrogens is 592 g/mol. The van der Waals surface area contributed by atoms with Crippen molar-refractivity contribution in [1.29, 1.82) is 0 Å². The summed E-state index contributed by atoms with van der Waals surface area (Å²) in [6, 6.07) is 48.9. The first kappa shape index (κ1) is 26.5. The van der Waals surface area contributed by atoms with Crippen LogP contribution in [0.25, 0.3) is 100 Å². The maximum atomic E-state index is 6.27. The van der Waals surface area contributed by atoms with E-state index in [1.807, 2.05) is 97.1 Å². The second-order valence-electron chi connectivity index (χ2n) is 11.8. The average molecular weight is 617 g/mol. The Bertz CT molecular complexity index is 2850. The fraction of sp³-hybridized carbons (Fsp3) is 0. The summed E-state index contributed by atoms with van der Waals surface area (Å²) in [7, 11) is 0. The summed E-state index contributed by atoms with van der Waals surface area (Å²) in [4.78, 5) is 20.0. The first-order chi connectivity index (χ1) is 23.8. The molecule has 10 aromatic rings. The number of pyridine rings is 1. The Morgan fingerprint density at radius 3 is 1.90 bits per heavy atom. The van der Waals surface area contributed by atoms with Crippen LogP contribution < -0.4 is 0 Å². The summed E-state index contributed by atoms with van der Waals surface area (Å²) in [6.45, 7) is 0. The molecule has 4 heterocycles. The number of hydrogen-bond acceptors (Lipinski definition) is 6. The van der Waals surface area contributed by atoms with Gasteiger partial charge < -0.3 is 8.83 Å². The van der Waals surface area contributed by atoms with Gasteiger partial charge in [-0.15, -0.1) is 0 Å². The molecule has 4 aromatic heterocycles. The third-order valence-electron chi connectivity index (χ3n) is 8.93. The van der Waals surface area contributed by atoms with Gasteiger partial charge in [-0.3, -0.25) is 0 Å². The molecule has 10 rings (SSSR count). The lowest BCUT2D eigenvalue weighted by Crippen LogP contribution is -2.00. The van der Waals surface area contributed by atoms with Gasteiger partial charge in [0.2, 0.25) is 5.71 Å². The highest BCUT2D eigenvalue weighted by molar-refractivity contribution is 6.14. The van der Waals surface area contributed by atoms with Gasteiger partial charge in [0, 0.05) is 43.6 Å². The highest BCUT2D eigenvalue weighted by Gasteiger charge is 2.19. The van der Waals surface area contributed by atoms with Crippen molar-refractivity contribution in [3.8, 4) is 45.3 Å². The Morgan fingerprint density at radius 2 is 1.00 bits per heavy atom. The van der Waals surface area contributed by atoms with Crippen LogP contribution in [0.4, 0.5) is 0 Å². The van der Waals surface area contributed by atoms with Gasteiger partial charge in [0.1, 0.15) is 16.7 Å². The van der Waals surface area contributed by atoms with Crippen LogP contribution in [0.1, 0.15) is 0 Å². The zero-order valence-electron chi connectivity index (χ0n) is 25.5. The normalized spacial score (nSPS) is 11.8. The molecule has 0 aliphatic carbocycles. The Labute approximate surface area is 274 Å². The van der Waals surface area contributed by atoms with Crippen LogP contribution in [-0.2, 0) is 0 Å². The van der Waals surface area contributed by atoms with Crippen molar-refractivity contribution in [2.75, 3.05) is 0 Å². The number of benzene rings is 6. The van der Waals surface area contributed by atoms with Crippen LogP contribution in [-0.4, -0.2) is 19.9 Å². The maximum absolute atomic E-state index is 6.27. The van der Waals surface area contributed by atoms with Crippen molar-refractivity contribution in [2.45, 2.75) is 0 Å². The molecule has 0 radical (unpaired) electrons. The van der Waals surface area contributed by atoms with E-state index < -0.39 is 0 Å². The second-order valence-corrected chi connectivity index (χ2v) is 11.8. The number of fused-ring (bicyclic) bond motifs is 7. The molecule has 224 valence electrons. The molecule has 0 fully saturated rings. The summed E-state index contributed by atoms with van der Waals surface area (Å²) in [6.07, 6.45) is 0. The number of rotatable bonds is 4. The maximum Gasteiger partial charge on any atom is 0.227 e. The van der Waals surface area contributed by atoms with Gasteiger partial charge in [-0.1, -0.05) is 109 Å². The number of para-hydroxylation sites is 2. The smallest absolute Gasteiger partial charge is 0.227 e. The lowest BCUT2D eigenvalue weighted by molar-refractivity contribution is 0.656. The average Bonchev–Trinajstić information content (AvgIpc) is 3.72. The van der Waals surface area contributed by atoms with E-state index in [1.165, 1.54) is 0 Å². The minimum Gasteiger partial charge on any atom is -0.456 e. The molecule has 6 heteroatoms. The van der Waals surface area contributed by atoms with Crippen LogP contribution >= 0.6 is 0 Å². The molecule has 0 bridgehead atoms. The van der Waals surface area contributed by atoms with Crippen LogP contribution in [0.2, 0.25) is 0 Å². The van der Waals surface area contributed by atoms with Crippen LogP contribution in [0.15, 0.2) is 154 Å². The standard InChI is InChI=1S/C42H24N4O2/c1-2-11-25(12-3-1)39-44-40(46-41(45-39)31-18-10-21-35-38(31)30-16-5-7-20-34(30)47-35)28-15-8-14-26(23-28)29-17-9-22-36-37(29)32-24-27-13-4-6-19-33(27)43-42(32)48-36/h1-24H. The third kappa shape index (κ3) is 4.20. The van der Waals surface area contributed by atoms with Crippen molar-refractivity contribution >= 4 is 54.9 Å². The second kappa shape index (κ2) is 10.4. The Balaban J connectivity index is 1.18. The van der Waals surface area contributed by atoms with Crippen molar-refractivity contribution in [3.63, 3.8) is 0 Å². The van der Waals surface area contributed by atoms with Gasteiger partial charge in [-0.2, -0.15) is 0 Å². The summed E-state index contributed by atoms with van der Waals surface area (Å²) in [5.74, 6) is 1.77. The van der Waals surface area contributed by atoms with Crippen molar-refractivity contribution in [1.82, 2.24) is 19.9 Å². The summed E-state index contributed by atoms with van der Waals surface area (Å²) in [5, 5.41) is 5.10.